The molecule has 0 amide bonds. The number of aromatic nitrogens is 1. The Bertz CT molecular complexity index is 784. The van der Waals surface area contributed by atoms with E-state index in [1.165, 1.54) is 9.07 Å². The number of nitrogens with zero attached hydrogens (tertiary/aromatic N) is 2. The molecule has 0 unspecified atom stereocenters. The van der Waals surface area contributed by atoms with Crippen LogP contribution in [0, 0.1) is 0 Å². The Hall–Kier alpha value is -2.22. The molecule has 23 heavy (non-hydrogen) atoms. The normalized spacial score (nSPS) is 14.4. The number of aliphatic imine (C=N–C) groups is 1. The van der Waals surface area contributed by atoms with Gasteiger partial charge < -0.3 is 14.0 Å². The number of pyridine rings is 1. The fourth-order valence-electron chi connectivity index (χ4n) is 2.08. The van der Waals surface area contributed by atoms with Crippen molar-refractivity contribution >= 4 is 30.3 Å². The van der Waals surface area contributed by atoms with Gasteiger partial charge in [-0.1, -0.05) is 12.1 Å². The van der Waals surface area contributed by atoms with Gasteiger partial charge in [-0.15, -0.1) is 0 Å². The molecule has 0 saturated heterocycles. The largest absolute Gasteiger partial charge is 0.497 e. The maximum absolute atomic E-state index is 6.00. The first-order chi connectivity index (χ1) is 11.3. The number of ether oxygens (including phenoxy) is 1. The molecule has 2 aromatic rings. The number of nitrogens with two attached hydrogens (primary N) is 1. The van der Waals surface area contributed by atoms with Crippen molar-refractivity contribution in [1.29, 1.82) is 0 Å². The summed E-state index contributed by atoms with van der Waals surface area (Å²) in [5.74, 6) is 1.38. The number of halogens is 1. The summed E-state index contributed by atoms with van der Waals surface area (Å²) in [6.07, 6.45) is 5.61. The maximum atomic E-state index is 6.00. The van der Waals surface area contributed by atoms with E-state index in [-0.39, 0.29) is 21.0 Å². The molecule has 0 bridgehead atoms. The summed E-state index contributed by atoms with van der Waals surface area (Å²) in [6.45, 7) is 0.550. The number of allylic oxidation sites excluding steroid dienone is 1. The number of hydrogen-bond acceptors (Lipinski definition) is 4. The average Bonchev–Trinajstić information content (AvgIpc) is 3.09. The highest BCUT2D eigenvalue weighted by Crippen LogP contribution is 2.21. The fraction of sp³-hybridized carbons (Fsp3) is 0.118. The lowest BCUT2D eigenvalue weighted by molar-refractivity contribution is 0.415. The summed E-state index contributed by atoms with van der Waals surface area (Å²) >= 11 is -0.252. The summed E-state index contributed by atoms with van der Waals surface area (Å²) in [4.78, 5) is 8.49. The lowest BCUT2D eigenvalue weighted by atomic mass is 10.1. The molecule has 3 rings (SSSR count). The molecule has 0 saturated carbocycles. The summed E-state index contributed by atoms with van der Waals surface area (Å²) in [7, 11) is 1.68. The van der Waals surface area contributed by atoms with Gasteiger partial charge in [-0.3, -0.25) is 9.98 Å². The van der Waals surface area contributed by atoms with Gasteiger partial charge in [0.05, 0.1) is 13.7 Å². The van der Waals surface area contributed by atoms with E-state index in [4.69, 9.17) is 10.5 Å². The van der Waals surface area contributed by atoms with Gasteiger partial charge >= 0.3 is 0 Å². The van der Waals surface area contributed by atoms with Crippen molar-refractivity contribution < 1.29 is 4.74 Å². The van der Waals surface area contributed by atoms with Gasteiger partial charge in [-0.2, -0.15) is 0 Å². The molecular formula is C17H17IN4O. The number of benzene rings is 1. The van der Waals surface area contributed by atoms with Gasteiger partial charge in [-0.25, -0.2) is 0 Å². The lowest BCUT2D eigenvalue weighted by Gasteiger charge is -2.02. The quantitative estimate of drug-likeness (QED) is 0.337. The topological polar surface area (TPSA) is 72.5 Å². The van der Waals surface area contributed by atoms with Gasteiger partial charge in [0.2, 0.25) is 0 Å². The molecular weight excluding hydrogens is 403 g/mol. The molecule has 1 aromatic heterocycles. The van der Waals surface area contributed by atoms with Gasteiger partial charge in [0.15, 0.2) is 0 Å². The molecule has 0 radical (unpaired) electrons. The summed E-state index contributed by atoms with van der Waals surface area (Å²) in [5, 5.41) is 0. The van der Waals surface area contributed by atoms with Crippen molar-refractivity contribution in [2.24, 2.45) is 10.7 Å². The smallest absolute Gasteiger partial charge is 0.127 e. The van der Waals surface area contributed by atoms with Gasteiger partial charge in [-0.05, 0) is 35.9 Å². The molecule has 118 valence electrons. The van der Waals surface area contributed by atoms with Gasteiger partial charge in [0.25, 0.3) is 0 Å². The Balaban J connectivity index is 1.69. The zero-order chi connectivity index (χ0) is 16.1. The molecule has 1 aliphatic rings. The van der Waals surface area contributed by atoms with Crippen molar-refractivity contribution in [3.63, 3.8) is 0 Å². The summed E-state index contributed by atoms with van der Waals surface area (Å²) < 4.78 is 10.1. The molecule has 2 heterocycles. The van der Waals surface area contributed by atoms with E-state index in [1.807, 2.05) is 24.3 Å². The highest BCUT2D eigenvalue weighted by Gasteiger charge is 2.10. The molecule has 0 atom stereocenters. The van der Waals surface area contributed by atoms with Crippen molar-refractivity contribution in [1.82, 2.24) is 8.51 Å². The van der Waals surface area contributed by atoms with E-state index in [2.05, 4.69) is 31.7 Å². The number of nitrogens with one attached hydrogen (secondary N) is 1. The van der Waals surface area contributed by atoms with Crippen LogP contribution in [0.3, 0.4) is 0 Å². The molecule has 0 aliphatic carbocycles. The van der Waals surface area contributed by atoms with E-state index >= 15 is 0 Å². The second-order valence-electron chi connectivity index (χ2n) is 4.88. The minimum Gasteiger partial charge on any atom is -0.497 e. The standard InChI is InChI=1S/C17H17IN4O/c1-23-15-6-2-4-12(8-15)16-9-14(22-18-16)11-21-17(19)13-5-3-7-20-10-13/h2-10,22H,11H2,1H3,(H2,19,21). The maximum Gasteiger partial charge on any atom is 0.127 e. The van der Waals surface area contributed by atoms with Crippen LogP contribution in [-0.2, 0) is 0 Å². The minimum absolute atomic E-state index is 0.252. The Morgan fingerprint density at radius 2 is 2.26 bits per heavy atom. The predicted octanol–water partition coefficient (Wildman–Crippen LogP) is 2.39. The fourth-order valence-corrected chi connectivity index (χ4v) is 4.22. The zero-order valence-electron chi connectivity index (χ0n) is 12.7. The molecule has 1 aliphatic heterocycles. The second kappa shape index (κ2) is 7.36. The number of rotatable bonds is 5. The summed E-state index contributed by atoms with van der Waals surface area (Å²) in [6, 6.07) is 11.9. The van der Waals surface area contributed by atoms with Crippen LogP contribution in [0.25, 0.3) is 0 Å². The van der Waals surface area contributed by atoms with E-state index < -0.39 is 0 Å². The third-order valence-corrected chi connectivity index (χ3v) is 5.77. The summed E-state index contributed by atoms with van der Waals surface area (Å²) in [5.41, 5.74) is 9.14. The monoisotopic (exact) mass is 420 g/mol. The van der Waals surface area contributed by atoms with Crippen LogP contribution >= 0.6 is 21.0 Å². The van der Waals surface area contributed by atoms with E-state index in [0.29, 0.717) is 12.4 Å². The highest BCUT2D eigenvalue weighted by molar-refractivity contribution is 14.2. The van der Waals surface area contributed by atoms with Gasteiger partial charge in [0.1, 0.15) is 11.6 Å². The third kappa shape index (κ3) is 3.95. The second-order valence-corrected chi connectivity index (χ2v) is 7.12. The van der Waals surface area contributed by atoms with E-state index in [0.717, 1.165) is 17.0 Å². The number of amidine groups is 1. The van der Waals surface area contributed by atoms with Crippen LogP contribution in [0.15, 0.2) is 65.6 Å². The first-order valence-corrected chi connectivity index (χ1v) is 9.24. The first-order valence-electron chi connectivity index (χ1n) is 7.08. The Labute approximate surface area is 145 Å². The van der Waals surface area contributed by atoms with Crippen molar-refractivity contribution in [3.8, 4) is 5.75 Å². The molecule has 0 spiro atoms. The van der Waals surface area contributed by atoms with Gasteiger partial charge in [0, 0.05) is 48.2 Å². The zero-order valence-corrected chi connectivity index (χ0v) is 14.8. The number of methoxy groups -OCH3 is 1. The van der Waals surface area contributed by atoms with Crippen LogP contribution in [0.1, 0.15) is 11.1 Å². The lowest BCUT2D eigenvalue weighted by Crippen LogP contribution is -2.15. The molecule has 0 fully saturated rings. The minimum atomic E-state index is -0.252. The molecule has 6 heteroatoms. The van der Waals surface area contributed by atoms with Crippen molar-refractivity contribution in [3.05, 3.63) is 71.7 Å². The SMILES string of the molecule is COc1cccc(C2=INC(CN=C(N)c3cccnc3)=C2)c1. The molecule has 3 N–H and O–H groups in total. The van der Waals surface area contributed by atoms with Crippen molar-refractivity contribution in [2.75, 3.05) is 13.7 Å². The van der Waals surface area contributed by atoms with E-state index in [9.17, 15) is 0 Å². The Kier molecular flexibility index (Phi) is 5.02. The number of hydrogen-bond donors (Lipinski definition) is 2. The highest BCUT2D eigenvalue weighted by atomic mass is 127. The predicted molar refractivity (Wildman–Crippen MR) is 102 cm³/mol. The Morgan fingerprint density at radius 3 is 3.04 bits per heavy atom. The molecule has 5 nitrogen and oxygen atoms in total. The van der Waals surface area contributed by atoms with Crippen LogP contribution in [0.2, 0.25) is 0 Å². The molecule has 1 aromatic carbocycles. The van der Waals surface area contributed by atoms with Crippen LogP contribution in [0.5, 0.6) is 5.75 Å². The van der Waals surface area contributed by atoms with Crippen LogP contribution in [-0.4, -0.2) is 28.0 Å². The third-order valence-electron chi connectivity index (χ3n) is 3.29. The average molecular weight is 420 g/mol. The Morgan fingerprint density at radius 1 is 1.35 bits per heavy atom. The van der Waals surface area contributed by atoms with Crippen LogP contribution in [0.4, 0.5) is 0 Å². The van der Waals surface area contributed by atoms with Crippen LogP contribution < -0.4 is 14.0 Å². The van der Waals surface area contributed by atoms with E-state index in [1.54, 1.807) is 19.5 Å². The van der Waals surface area contributed by atoms with Crippen molar-refractivity contribution in [2.45, 2.75) is 0 Å². The first kappa shape index (κ1) is 15.7.